The van der Waals surface area contributed by atoms with Crippen LogP contribution in [-0.4, -0.2) is 42.1 Å². The fourth-order valence-electron chi connectivity index (χ4n) is 2.05. The average molecular weight is 315 g/mol. The van der Waals surface area contributed by atoms with Crippen LogP contribution in [0.3, 0.4) is 0 Å². The van der Waals surface area contributed by atoms with Crippen molar-refractivity contribution in [2.45, 2.75) is 24.8 Å². The van der Waals surface area contributed by atoms with Gasteiger partial charge in [-0.1, -0.05) is 16.5 Å². The quantitative estimate of drug-likeness (QED) is 0.843. The van der Waals surface area contributed by atoms with Gasteiger partial charge in [-0.25, -0.2) is 13.4 Å². The van der Waals surface area contributed by atoms with E-state index in [9.17, 15) is 8.42 Å². The lowest BCUT2D eigenvalue weighted by Crippen LogP contribution is -2.56. The molecule has 0 unspecified atom stereocenters. The highest BCUT2D eigenvalue weighted by molar-refractivity contribution is 7.89. The molecule has 20 heavy (non-hydrogen) atoms. The molecule has 0 aliphatic carbocycles. The first-order valence-electron chi connectivity index (χ1n) is 5.97. The van der Waals surface area contributed by atoms with Crippen LogP contribution in [0.15, 0.2) is 21.0 Å². The number of ether oxygens (including phenoxy) is 1. The molecule has 0 N–H and O–H groups in total. The van der Waals surface area contributed by atoms with Crippen LogP contribution in [0.25, 0.3) is 0 Å². The number of sulfonamides is 1. The zero-order valence-corrected chi connectivity index (χ0v) is 12.6. The summed E-state index contributed by atoms with van der Waals surface area (Å²) in [6.45, 7) is 3.83. The molecule has 0 radical (unpaired) electrons. The van der Waals surface area contributed by atoms with Gasteiger partial charge in [-0.15, -0.1) is 0 Å². The van der Waals surface area contributed by atoms with Gasteiger partial charge in [0.05, 0.1) is 13.1 Å². The Morgan fingerprint density at radius 1 is 1.45 bits per heavy atom. The second-order valence-corrected chi connectivity index (χ2v) is 7.25. The lowest BCUT2D eigenvalue weighted by Gasteiger charge is -2.36. The minimum absolute atomic E-state index is 0.156. The first-order valence-corrected chi connectivity index (χ1v) is 8.29. The van der Waals surface area contributed by atoms with Crippen LogP contribution in [0.2, 0.25) is 0 Å². The second kappa shape index (κ2) is 4.83. The van der Waals surface area contributed by atoms with E-state index in [1.807, 2.05) is 5.38 Å². The predicted molar refractivity (Wildman–Crippen MR) is 71.3 cm³/mol. The first kappa shape index (κ1) is 13.5. The Hall–Kier alpha value is -1.45. The molecule has 9 heteroatoms. The van der Waals surface area contributed by atoms with E-state index in [1.165, 1.54) is 15.6 Å². The van der Waals surface area contributed by atoms with Gasteiger partial charge in [0.2, 0.25) is 10.0 Å². The highest BCUT2D eigenvalue weighted by Crippen LogP contribution is 2.28. The van der Waals surface area contributed by atoms with E-state index in [0.29, 0.717) is 29.7 Å². The molecule has 3 rings (SSSR count). The van der Waals surface area contributed by atoms with Gasteiger partial charge in [-0.3, -0.25) is 0 Å². The normalized spacial score (nSPS) is 17.1. The fraction of sp³-hybridized carbons (Fsp3) is 0.455. The molecule has 2 aromatic rings. The zero-order chi connectivity index (χ0) is 14.3. The van der Waals surface area contributed by atoms with Crippen LogP contribution < -0.4 is 4.74 Å². The van der Waals surface area contributed by atoms with Crippen LogP contribution in [0.5, 0.6) is 5.19 Å². The molecular formula is C11H13N3O4S2. The first-order chi connectivity index (χ1) is 9.48. The molecule has 0 saturated carbocycles. The Labute approximate surface area is 120 Å². The molecule has 0 bridgehead atoms. The number of rotatable bonds is 4. The predicted octanol–water partition coefficient (Wildman–Crippen LogP) is 1.20. The van der Waals surface area contributed by atoms with E-state index in [2.05, 4.69) is 10.1 Å². The van der Waals surface area contributed by atoms with Crippen LogP contribution in [0.1, 0.15) is 11.5 Å². The molecule has 1 aliphatic rings. The summed E-state index contributed by atoms with van der Waals surface area (Å²) < 4.78 is 36.7. The summed E-state index contributed by atoms with van der Waals surface area (Å²) in [5, 5.41) is 6.05. The van der Waals surface area contributed by atoms with Crippen LogP contribution in [0.4, 0.5) is 0 Å². The zero-order valence-electron chi connectivity index (χ0n) is 10.9. The van der Waals surface area contributed by atoms with E-state index >= 15 is 0 Å². The molecule has 0 atom stereocenters. The smallest absolute Gasteiger partial charge is 0.273 e. The van der Waals surface area contributed by atoms with Crippen molar-refractivity contribution in [1.29, 1.82) is 0 Å². The molecule has 1 fully saturated rings. The van der Waals surface area contributed by atoms with Crippen molar-refractivity contribution in [3.8, 4) is 5.19 Å². The Morgan fingerprint density at radius 3 is 2.75 bits per heavy atom. The molecule has 0 aromatic carbocycles. The number of aryl methyl sites for hydroxylation is 2. The van der Waals surface area contributed by atoms with Crippen molar-refractivity contribution >= 4 is 21.4 Å². The number of thiazole rings is 1. The van der Waals surface area contributed by atoms with Crippen LogP contribution in [-0.2, 0) is 10.0 Å². The van der Waals surface area contributed by atoms with Crippen molar-refractivity contribution in [3.63, 3.8) is 0 Å². The van der Waals surface area contributed by atoms with E-state index in [4.69, 9.17) is 9.26 Å². The van der Waals surface area contributed by atoms with E-state index in [1.54, 1.807) is 20.0 Å². The molecular weight excluding hydrogens is 302 g/mol. The van der Waals surface area contributed by atoms with Crippen LogP contribution in [0, 0.1) is 13.8 Å². The number of hydrogen-bond donors (Lipinski definition) is 0. The highest BCUT2D eigenvalue weighted by atomic mass is 32.2. The molecule has 1 saturated heterocycles. The Morgan fingerprint density at radius 2 is 2.20 bits per heavy atom. The molecule has 1 aliphatic heterocycles. The topological polar surface area (TPSA) is 85.5 Å². The van der Waals surface area contributed by atoms with E-state index in [0.717, 1.165) is 0 Å². The Kier molecular flexibility index (Phi) is 3.27. The Balaban J connectivity index is 1.70. The average Bonchev–Trinajstić information content (AvgIpc) is 2.93. The van der Waals surface area contributed by atoms with Gasteiger partial charge in [0.1, 0.15) is 16.7 Å². The molecule has 0 spiro atoms. The van der Waals surface area contributed by atoms with Gasteiger partial charge >= 0.3 is 0 Å². The van der Waals surface area contributed by atoms with Crippen molar-refractivity contribution < 1.29 is 17.7 Å². The van der Waals surface area contributed by atoms with Gasteiger partial charge in [0, 0.05) is 11.6 Å². The third-order valence-electron chi connectivity index (χ3n) is 3.06. The third-order valence-corrected chi connectivity index (χ3v) is 5.80. The summed E-state index contributed by atoms with van der Waals surface area (Å²) in [5.74, 6) is 0.312. The Bertz CT molecular complexity index is 683. The van der Waals surface area contributed by atoms with E-state index in [-0.39, 0.29) is 11.0 Å². The molecule has 2 aromatic heterocycles. The number of nitrogens with zero attached hydrogens (tertiary/aromatic N) is 3. The summed E-state index contributed by atoms with van der Waals surface area (Å²) in [6.07, 6.45) is 1.49. The second-order valence-electron chi connectivity index (χ2n) is 4.51. The monoisotopic (exact) mass is 315 g/mol. The van der Waals surface area contributed by atoms with Gasteiger partial charge in [-0.2, -0.15) is 4.31 Å². The van der Waals surface area contributed by atoms with Gasteiger partial charge in [0.25, 0.3) is 5.19 Å². The van der Waals surface area contributed by atoms with Gasteiger partial charge in [-0.05, 0) is 13.8 Å². The minimum Gasteiger partial charge on any atom is -0.464 e. The summed E-state index contributed by atoms with van der Waals surface area (Å²) in [5.41, 5.74) is 0.381. The highest BCUT2D eigenvalue weighted by Gasteiger charge is 2.41. The van der Waals surface area contributed by atoms with Gasteiger partial charge in [0.15, 0.2) is 5.76 Å². The molecule has 3 heterocycles. The van der Waals surface area contributed by atoms with Crippen molar-refractivity contribution in [2.24, 2.45) is 0 Å². The lowest BCUT2D eigenvalue weighted by molar-refractivity contribution is 0.0758. The fourth-order valence-corrected chi connectivity index (χ4v) is 4.40. The summed E-state index contributed by atoms with van der Waals surface area (Å²) in [4.78, 5) is 4.16. The maximum absolute atomic E-state index is 12.4. The number of aromatic nitrogens is 2. The van der Waals surface area contributed by atoms with Crippen molar-refractivity contribution in [2.75, 3.05) is 13.1 Å². The summed E-state index contributed by atoms with van der Waals surface area (Å²) in [7, 11) is -3.55. The van der Waals surface area contributed by atoms with Crippen LogP contribution >= 0.6 is 11.3 Å². The van der Waals surface area contributed by atoms with Crippen molar-refractivity contribution in [1.82, 2.24) is 14.4 Å². The van der Waals surface area contributed by atoms with Gasteiger partial charge < -0.3 is 9.26 Å². The SMILES string of the molecule is Cc1noc(C)c1S(=O)(=O)N1CC(Oc2nccs2)C1. The summed E-state index contributed by atoms with van der Waals surface area (Å²) >= 11 is 1.39. The molecule has 7 nitrogen and oxygen atoms in total. The third kappa shape index (κ3) is 2.21. The van der Waals surface area contributed by atoms with Crippen molar-refractivity contribution in [3.05, 3.63) is 23.0 Å². The minimum atomic E-state index is -3.55. The molecule has 108 valence electrons. The molecule has 0 amide bonds. The maximum atomic E-state index is 12.4. The summed E-state index contributed by atoms with van der Waals surface area (Å²) in [6, 6.07) is 0. The lowest BCUT2D eigenvalue weighted by atomic mass is 10.2. The van der Waals surface area contributed by atoms with E-state index < -0.39 is 10.0 Å². The largest absolute Gasteiger partial charge is 0.464 e. The maximum Gasteiger partial charge on any atom is 0.273 e. The number of hydrogen-bond acceptors (Lipinski definition) is 7. The standard InChI is InChI=1S/C11H13N3O4S2/c1-7-10(8(2)18-13-7)20(15,16)14-5-9(6-14)17-11-12-3-4-19-11/h3-4,9H,5-6H2,1-2H3.